The quantitative estimate of drug-likeness (QED) is 0.737. The molecule has 106 valence electrons. The van der Waals surface area contributed by atoms with Gasteiger partial charge in [-0.25, -0.2) is 4.79 Å². The van der Waals surface area contributed by atoms with Crippen LogP contribution in [0.4, 0.5) is 4.79 Å². The Morgan fingerprint density at radius 1 is 1.00 bits per heavy atom. The van der Waals surface area contributed by atoms with Crippen LogP contribution < -0.4 is 0 Å². The molecular weight excluding hydrogens is 246 g/mol. The highest BCUT2D eigenvalue weighted by Gasteiger charge is 2.42. The molecule has 1 N–H and O–H groups in total. The van der Waals surface area contributed by atoms with E-state index >= 15 is 0 Å². The molecule has 0 aromatic rings. The molecule has 2 atom stereocenters. The fraction of sp³-hybridized carbons (Fsp3) is 0.846. The highest BCUT2D eigenvalue weighted by Crippen LogP contribution is 2.36. The molecule has 3 aliphatic rings. The molecule has 0 aliphatic carbocycles. The first-order valence-corrected chi connectivity index (χ1v) is 7.13. The molecule has 3 rings (SSSR count). The Labute approximate surface area is 112 Å². The lowest BCUT2D eigenvalue weighted by Crippen LogP contribution is -2.56. The van der Waals surface area contributed by atoms with Crippen molar-refractivity contribution in [1.82, 2.24) is 14.7 Å². The Balaban J connectivity index is 1.57. The summed E-state index contributed by atoms with van der Waals surface area (Å²) >= 11 is 0. The molecular formula is C13H21N3O3. The van der Waals surface area contributed by atoms with E-state index in [1.807, 2.05) is 4.90 Å². The van der Waals surface area contributed by atoms with E-state index in [1.165, 1.54) is 4.90 Å². The van der Waals surface area contributed by atoms with E-state index in [0.717, 1.165) is 45.2 Å². The highest BCUT2D eigenvalue weighted by atomic mass is 16.4. The number of carboxylic acid groups (broad SMARTS) is 1. The fourth-order valence-electron chi connectivity index (χ4n) is 3.93. The molecule has 2 unspecified atom stereocenters. The largest absolute Gasteiger partial charge is 0.465 e. The summed E-state index contributed by atoms with van der Waals surface area (Å²) in [4.78, 5) is 27.9. The first kappa shape index (κ1) is 12.7. The predicted octanol–water partition coefficient (Wildman–Crippen LogP) is 0.434. The number of amides is 2. The highest BCUT2D eigenvalue weighted by molar-refractivity contribution is 5.65. The summed E-state index contributed by atoms with van der Waals surface area (Å²) in [6, 6.07) is 1.36. The van der Waals surface area contributed by atoms with E-state index < -0.39 is 6.09 Å². The van der Waals surface area contributed by atoms with E-state index in [2.05, 4.69) is 4.90 Å². The average Bonchev–Trinajstić information content (AvgIpc) is 2.67. The Kier molecular flexibility index (Phi) is 3.35. The zero-order valence-electron chi connectivity index (χ0n) is 11.1. The summed E-state index contributed by atoms with van der Waals surface area (Å²) in [7, 11) is 0. The number of hydrogen-bond acceptors (Lipinski definition) is 3. The minimum Gasteiger partial charge on any atom is -0.465 e. The SMILES string of the molecule is O=CN1C2CCC1CC(N1CCN(C(=O)O)CC1)C2. The van der Waals surface area contributed by atoms with Crippen LogP contribution >= 0.6 is 0 Å². The molecule has 2 amide bonds. The molecule has 0 saturated carbocycles. The number of carbonyl (C=O) groups excluding carboxylic acids is 1. The van der Waals surface area contributed by atoms with Gasteiger partial charge in [0.05, 0.1) is 0 Å². The van der Waals surface area contributed by atoms with Gasteiger partial charge in [0.15, 0.2) is 0 Å². The van der Waals surface area contributed by atoms with Crippen LogP contribution in [0.3, 0.4) is 0 Å². The number of nitrogens with zero attached hydrogens (tertiary/aromatic N) is 3. The van der Waals surface area contributed by atoms with Gasteiger partial charge in [0, 0.05) is 44.3 Å². The molecule has 3 saturated heterocycles. The summed E-state index contributed by atoms with van der Waals surface area (Å²) in [5, 5.41) is 8.96. The number of piperazine rings is 1. The molecule has 0 aromatic carbocycles. The van der Waals surface area contributed by atoms with Gasteiger partial charge in [-0.2, -0.15) is 0 Å². The van der Waals surface area contributed by atoms with Gasteiger partial charge in [0.1, 0.15) is 0 Å². The van der Waals surface area contributed by atoms with Crippen LogP contribution in [-0.4, -0.2) is 76.6 Å². The molecule has 0 spiro atoms. The lowest BCUT2D eigenvalue weighted by Gasteiger charge is -2.44. The minimum absolute atomic E-state index is 0.416. The molecule has 19 heavy (non-hydrogen) atoms. The maximum absolute atomic E-state index is 11.1. The number of hydrogen-bond donors (Lipinski definition) is 1. The second-order valence-corrected chi connectivity index (χ2v) is 5.87. The molecule has 2 bridgehead atoms. The van der Waals surface area contributed by atoms with Crippen molar-refractivity contribution >= 4 is 12.5 Å². The summed E-state index contributed by atoms with van der Waals surface area (Å²) in [6.07, 6.45) is 4.59. The zero-order chi connectivity index (χ0) is 13.4. The van der Waals surface area contributed by atoms with Gasteiger partial charge in [0.25, 0.3) is 0 Å². The standard InChI is InChI=1S/C13H21N3O3/c17-9-16-10-1-2-11(16)8-12(7-10)14-3-5-15(6-4-14)13(18)19/h9-12H,1-8H2,(H,18,19). The van der Waals surface area contributed by atoms with Crippen molar-refractivity contribution < 1.29 is 14.7 Å². The summed E-state index contributed by atoms with van der Waals surface area (Å²) in [6.45, 7) is 2.88. The lowest BCUT2D eigenvalue weighted by molar-refractivity contribution is -0.123. The molecule has 6 nitrogen and oxygen atoms in total. The van der Waals surface area contributed by atoms with Crippen molar-refractivity contribution in [3.63, 3.8) is 0 Å². The van der Waals surface area contributed by atoms with Gasteiger partial charge in [-0.1, -0.05) is 0 Å². The third kappa shape index (κ3) is 2.29. The van der Waals surface area contributed by atoms with Crippen molar-refractivity contribution in [2.45, 2.75) is 43.8 Å². The maximum Gasteiger partial charge on any atom is 0.407 e. The van der Waals surface area contributed by atoms with Gasteiger partial charge in [-0.15, -0.1) is 0 Å². The molecule has 6 heteroatoms. The van der Waals surface area contributed by atoms with Crippen molar-refractivity contribution in [3.05, 3.63) is 0 Å². The predicted molar refractivity (Wildman–Crippen MR) is 68.9 cm³/mol. The minimum atomic E-state index is -0.810. The van der Waals surface area contributed by atoms with Gasteiger partial charge in [0.2, 0.25) is 6.41 Å². The third-order valence-electron chi connectivity index (χ3n) is 4.99. The Hall–Kier alpha value is -1.30. The molecule has 3 aliphatic heterocycles. The van der Waals surface area contributed by atoms with E-state index in [0.29, 0.717) is 31.2 Å². The summed E-state index contributed by atoms with van der Waals surface area (Å²) in [5.41, 5.74) is 0. The van der Waals surface area contributed by atoms with Crippen LogP contribution in [0, 0.1) is 0 Å². The molecule has 3 fully saturated rings. The second kappa shape index (κ2) is 5.00. The molecule has 3 heterocycles. The molecule has 0 radical (unpaired) electrons. The van der Waals surface area contributed by atoms with Crippen LogP contribution in [0.15, 0.2) is 0 Å². The van der Waals surface area contributed by atoms with E-state index in [4.69, 9.17) is 5.11 Å². The maximum atomic E-state index is 11.1. The third-order valence-corrected chi connectivity index (χ3v) is 4.99. The van der Waals surface area contributed by atoms with Crippen molar-refractivity contribution in [2.24, 2.45) is 0 Å². The van der Waals surface area contributed by atoms with Gasteiger partial charge < -0.3 is 14.9 Å². The van der Waals surface area contributed by atoms with Crippen LogP contribution in [0.1, 0.15) is 25.7 Å². The number of piperidine rings is 1. The Morgan fingerprint density at radius 3 is 2.05 bits per heavy atom. The Bertz CT molecular complexity index is 354. The topological polar surface area (TPSA) is 64.1 Å². The van der Waals surface area contributed by atoms with E-state index in [1.54, 1.807) is 0 Å². The van der Waals surface area contributed by atoms with E-state index in [-0.39, 0.29) is 0 Å². The summed E-state index contributed by atoms with van der Waals surface area (Å²) in [5.74, 6) is 0. The van der Waals surface area contributed by atoms with Crippen LogP contribution in [0.2, 0.25) is 0 Å². The van der Waals surface area contributed by atoms with Gasteiger partial charge in [-0.05, 0) is 25.7 Å². The second-order valence-electron chi connectivity index (χ2n) is 5.87. The van der Waals surface area contributed by atoms with E-state index in [9.17, 15) is 9.59 Å². The molecule has 0 aromatic heterocycles. The normalized spacial score (nSPS) is 35.5. The van der Waals surface area contributed by atoms with Crippen molar-refractivity contribution in [2.75, 3.05) is 26.2 Å². The van der Waals surface area contributed by atoms with Crippen LogP contribution in [0.5, 0.6) is 0 Å². The average molecular weight is 267 g/mol. The van der Waals surface area contributed by atoms with Crippen LogP contribution in [0.25, 0.3) is 0 Å². The van der Waals surface area contributed by atoms with Gasteiger partial charge in [-0.3, -0.25) is 9.69 Å². The van der Waals surface area contributed by atoms with Crippen molar-refractivity contribution in [3.8, 4) is 0 Å². The Morgan fingerprint density at radius 2 is 1.58 bits per heavy atom. The number of carbonyl (C=O) groups is 2. The fourth-order valence-corrected chi connectivity index (χ4v) is 3.93. The summed E-state index contributed by atoms with van der Waals surface area (Å²) < 4.78 is 0. The number of fused-ring (bicyclic) bond motifs is 2. The first-order chi connectivity index (χ1) is 9.19. The van der Waals surface area contributed by atoms with Crippen molar-refractivity contribution in [1.29, 1.82) is 0 Å². The number of rotatable bonds is 2. The zero-order valence-corrected chi connectivity index (χ0v) is 11.1. The monoisotopic (exact) mass is 267 g/mol. The smallest absolute Gasteiger partial charge is 0.407 e. The first-order valence-electron chi connectivity index (χ1n) is 7.13. The van der Waals surface area contributed by atoms with Crippen LogP contribution in [-0.2, 0) is 4.79 Å². The lowest BCUT2D eigenvalue weighted by atomic mass is 9.96. The van der Waals surface area contributed by atoms with Gasteiger partial charge >= 0.3 is 6.09 Å².